The first-order valence-corrected chi connectivity index (χ1v) is 10.3. The molecule has 0 unspecified atom stereocenters. The molecule has 1 aromatic rings. The van der Waals surface area contributed by atoms with E-state index in [-0.39, 0.29) is 11.5 Å². The molecule has 0 amide bonds. The van der Waals surface area contributed by atoms with Gasteiger partial charge in [-0.1, -0.05) is 31.5 Å². The van der Waals surface area contributed by atoms with Crippen molar-refractivity contribution in [3.63, 3.8) is 0 Å². The molecule has 4 nitrogen and oxygen atoms in total. The maximum Gasteiger partial charge on any atom is 0.243 e. The minimum atomic E-state index is -3.39. The molecule has 0 bridgehead atoms. The fourth-order valence-corrected chi connectivity index (χ4v) is 6.29. The second-order valence-electron chi connectivity index (χ2n) is 8.24. The Morgan fingerprint density at radius 1 is 1.25 bits per heavy atom. The van der Waals surface area contributed by atoms with E-state index in [0.29, 0.717) is 35.7 Å². The van der Waals surface area contributed by atoms with E-state index >= 15 is 0 Å². The van der Waals surface area contributed by atoms with Crippen molar-refractivity contribution in [1.29, 1.82) is 0 Å². The van der Waals surface area contributed by atoms with E-state index in [9.17, 15) is 13.5 Å². The van der Waals surface area contributed by atoms with Crippen molar-refractivity contribution < 1.29 is 13.5 Å². The number of aliphatic hydroxyl groups is 1. The van der Waals surface area contributed by atoms with Crippen LogP contribution in [0.3, 0.4) is 0 Å². The Bertz CT molecular complexity index is 694. The predicted molar refractivity (Wildman–Crippen MR) is 95.1 cm³/mol. The number of rotatable bonds is 4. The SMILES string of the molecule is Cc1ccc(S(=O)(=O)N2CC[C@@H]([C@H]3C[C@@H]([C@H](C)O)C3(C)C)C2)cc1. The van der Waals surface area contributed by atoms with E-state index < -0.39 is 10.0 Å². The zero-order valence-corrected chi connectivity index (χ0v) is 15.9. The molecule has 134 valence electrons. The van der Waals surface area contributed by atoms with Crippen molar-refractivity contribution in [2.45, 2.75) is 51.5 Å². The fraction of sp³-hybridized carbons (Fsp3) is 0.684. The molecule has 0 radical (unpaired) electrons. The normalized spacial score (nSPS) is 31.6. The van der Waals surface area contributed by atoms with Crippen LogP contribution in [0.4, 0.5) is 0 Å². The standard InChI is InChI=1S/C19H29NO3S/c1-13-5-7-16(8-6-13)24(22,23)20-10-9-15(12-20)18-11-17(14(2)21)19(18,3)4/h5-8,14-15,17-18,21H,9-12H2,1-4H3/t14-,15+,17-,18+/m0/s1. The van der Waals surface area contributed by atoms with Gasteiger partial charge in [0, 0.05) is 13.1 Å². The smallest absolute Gasteiger partial charge is 0.243 e. The Morgan fingerprint density at radius 3 is 2.42 bits per heavy atom. The minimum absolute atomic E-state index is 0.0858. The lowest BCUT2D eigenvalue weighted by Crippen LogP contribution is -2.53. The number of sulfonamides is 1. The summed E-state index contributed by atoms with van der Waals surface area (Å²) in [7, 11) is -3.39. The highest BCUT2D eigenvalue weighted by atomic mass is 32.2. The second kappa shape index (κ2) is 6.11. The first-order chi connectivity index (χ1) is 11.1. The van der Waals surface area contributed by atoms with E-state index in [4.69, 9.17) is 0 Å². The molecule has 1 aliphatic heterocycles. The Balaban J connectivity index is 1.71. The summed E-state index contributed by atoms with van der Waals surface area (Å²) < 4.78 is 27.3. The van der Waals surface area contributed by atoms with Gasteiger partial charge in [0.1, 0.15) is 0 Å². The van der Waals surface area contributed by atoms with Crippen LogP contribution in [0.25, 0.3) is 0 Å². The number of aliphatic hydroxyl groups excluding tert-OH is 1. The number of hydrogen-bond acceptors (Lipinski definition) is 3. The van der Waals surface area contributed by atoms with E-state index in [0.717, 1.165) is 18.4 Å². The Morgan fingerprint density at radius 2 is 1.88 bits per heavy atom. The van der Waals surface area contributed by atoms with Crippen LogP contribution in [0.15, 0.2) is 29.2 Å². The van der Waals surface area contributed by atoms with Crippen LogP contribution in [-0.4, -0.2) is 37.0 Å². The molecule has 1 N–H and O–H groups in total. The van der Waals surface area contributed by atoms with Crippen LogP contribution in [0, 0.1) is 30.1 Å². The molecule has 0 aromatic heterocycles. The topological polar surface area (TPSA) is 57.6 Å². The lowest BCUT2D eigenvalue weighted by atomic mass is 9.50. The lowest BCUT2D eigenvalue weighted by molar-refractivity contribution is -0.109. The molecular formula is C19H29NO3S. The first-order valence-electron chi connectivity index (χ1n) is 8.89. The largest absolute Gasteiger partial charge is 0.393 e. The van der Waals surface area contributed by atoms with E-state index in [1.165, 1.54) is 0 Å². The van der Waals surface area contributed by atoms with Gasteiger partial charge in [0.05, 0.1) is 11.0 Å². The van der Waals surface area contributed by atoms with Gasteiger partial charge in [-0.2, -0.15) is 4.31 Å². The van der Waals surface area contributed by atoms with Crippen LogP contribution in [0.5, 0.6) is 0 Å². The van der Waals surface area contributed by atoms with Crippen LogP contribution >= 0.6 is 0 Å². The minimum Gasteiger partial charge on any atom is -0.393 e. The maximum absolute atomic E-state index is 12.8. The zero-order valence-electron chi connectivity index (χ0n) is 15.1. The number of benzene rings is 1. The summed E-state index contributed by atoms with van der Waals surface area (Å²) in [6, 6.07) is 7.11. The van der Waals surface area contributed by atoms with Crippen molar-refractivity contribution in [2.75, 3.05) is 13.1 Å². The molecule has 3 rings (SSSR count). The van der Waals surface area contributed by atoms with Crippen LogP contribution < -0.4 is 0 Å². The van der Waals surface area contributed by atoms with Crippen molar-refractivity contribution in [2.24, 2.45) is 23.2 Å². The van der Waals surface area contributed by atoms with Gasteiger partial charge in [0.25, 0.3) is 0 Å². The van der Waals surface area contributed by atoms with Gasteiger partial charge in [0.2, 0.25) is 10.0 Å². The Hall–Kier alpha value is -0.910. The third-order valence-corrected chi connectivity index (χ3v) is 8.30. The Labute approximate surface area is 145 Å². The van der Waals surface area contributed by atoms with Crippen molar-refractivity contribution >= 4 is 10.0 Å². The Kier molecular flexibility index (Phi) is 4.56. The van der Waals surface area contributed by atoms with Crippen LogP contribution in [0.2, 0.25) is 0 Å². The van der Waals surface area contributed by atoms with Gasteiger partial charge in [0.15, 0.2) is 0 Å². The number of aryl methyl sites for hydroxylation is 1. The molecule has 4 atom stereocenters. The number of nitrogens with zero attached hydrogens (tertiary/aromatic N) is 1. The quantitative estimate of drug-likeness (QED) is 0.907. The van der Waals surface area contributed by atoms with Crippen molar-refractivity contribution in [3.05, 3.63) is 29.8 Å². The summed E-state index contributed by atoms with van der Waals surface area (Å²) in [6.07, 6.45) is 1.64. The van der Waals surface area contributed by atoms with Gasteiger partial charge in [-0.3, -0.25) is 0 Å². The van der Waals surface area contributed by atoms with Gasteiger partial charge in [-0.05, 0) is 62.0 Å². The summed E-state index contributed by atoms with van der Waals surface area (Å²) in [6.45, 7) is 9.47. The zero-order chi connectivity index (χ0) is 17.7. The molecule has 0 spiro atoms. The molecule has 1 aliphatic carbocycles. The molecule has 1 heterocycles. The third kappa shape index (κ3) is 2.91. The second-order valence-corrected chi connectivity index (χ2v) is 10.2. The summed E-state index contributed by atoms with van der Waals surface area (Å²) in [4.78, 5) is 0.392. The molecule has 2 fully saturated rings. The molecule has 1 saturated carbocycles. The lowest BCUT2D eigenvalue weighted by Gasteiger charge is -2.56. The highest BCUT2D eigenvalue weighted by molar-refractivity contribution is 7.89. The molecule has 1 aromatic carbocycles. The summed E-state index contributed by atoms with van der Waals surface area (Å²) >= 11 is 0. The fourth-order valence-electron chi connectivity index (χ4n) is 4.77. The van der Waals surface area contributed by atoms with Crippen LogP contribution in [-0.2, 0) is 10.0 Å². The molecule has 1 saturated heterocycles. The van der Waals surface area contributed by atoms with Gasteiger partial charge < -0.3 is 5.11 Å². The van der Waals surface area contributed by atoms with Gasteiger partial charge in [-0.25, -0.2) is 8.42 Å². The average molecular weight is 352 g/mol. The molecule has 5 heteroatoms. The van der Waals surface area contributed by atoms with E-state index in [2.05, 4.69) is 13.8 Å². The summed E-state index contributed by atoms with van der Waals surface area (Å²) in [5.74, 6) is 1.22. The average Bonchev–Trinajstić information content (AvgIpc) is 2.96. The van der Waals surface area contributed by atoms with E-state index in [1.54, 1.807) is 16.4 Å². The van der Waals surface area contributed by atoms with Gasteiger partial charge >= 0.3 is 0 Å². The monoisotopic (exact) mass is 351 g/mol. The van der Waals surface area contributed by atoms with Gasteiger partial charge in [-0.15, -0.1) is 0 Å². The summed E-state index contributed by atoms with van der Waals surface area (Å²) in [5.41, 5.74) is 1.15. The highest BCUT2D eigenvalue weighted by Crippen LogP contribution is 2.57. The molecule has 2 aliphatic rings. The van der Waals surface area contributed by atoms with Crippen molar-refractivity contribution in [3.8, 4) is 0 Å². The first kappa shape index (κ1) is 17.9. The third-order valence-electron chi connectivity index (χ3n) is 6.42. The van der Waals surface area contributed by atoms with Crippen LogP contribution in [0.1, 0.15) is 39.2 Å². The highest BCUT2D eigenvalue weighted by Gasteiger charge is 2.54. The maximum atomic E-state index is 12.8. The van der Waals surface area contributed by atoms with E-state index in [1.807, 2.05) is 26.0 Å². The molecule has 24 heavy (non-hydrogen) atoms. The molecular weight excluding hydrogens is 322 g/mol. The predicted octanol–water partition coefficient (Wildman–Crippen LogP) is 3.05. The summed E-state index contributed by atoms with van der Waals surface area (Å²) in [5, 5.41) is 9.91. The van der Waals surface area contributed by atoms with Crippen molar-refractivity contribution in [1.82, 2.24) is 4.31 Å². The number of hydrogen-bond donors (Lipinski definition) is 1.